The quantitative estimate of drug-likeness (QED) is 0.155. The second-order valence-electron chi connectivity index (χ2n) is 12.3. The van der Waals surface area contributed by atoms with E-state index in [2.05, 4.69) is 0 Å². The first-order chi connectivity index (χ1) is 35.2. The van der Waals surface area contributed by atoms with Gasteiger partial charge in [-0.05, 0) is 76.7 Å². The largest absolute Gasteiger partial charge is 0.455 e. The van der Waals surface area contributed by atoms with E-state index in [-0.39, 0.29) is 16.7 Å². The molecule has 56 heavy (non-hydrogen) atoms. The van der Waals surface area contributed by atoms with Gasteiger partial charge in [-0.15, -0.1) is 0 Å². The minimum absolute atomic E-state index is 0.140. The van der Waals surface area contributed by atoms with Gasteiger partial charge in [0.2, 0.25) is 0 Å². The summed E-state index contributed by atoms with van der Waals surface area (Å²) >= 11 is 0. The fraction of sp³-hybridized carbons (Fsp3) is 0. The average molecular weight is 737 g/mol. The van der Waals surface area contributed by atoms with Crippen LogP contribution in [-0.2, 0) is 0 Å². The Balaban J connectivity index is 1.17. The van der Waals surface area contributed by atoms with Gasteiger partial charge >= 0.3 is 0 Å². The molecule has 10 rings (SSSR count). The van der Waals surface area contributed by atoms with Gasteiger partial charge in [0.05, 0.1) is 30.2 Å². The lowest BCUT2D eigenvalue weighted by molar-refractivity contribution is 0.669. The van der Waals surface area contributed by atoms with Gasteiger partial charge in [-0.3, -0.25) is 0 Å². The number of rotatable bonds is 8. The van der Waals surface area contributed by atoms with E-state index < -0.39 is 137 Å². The highest BCUT2D eigenvalue weighted by Crippen LogP contribution is 2.39. The third kappa shape index (κ3) is 6.27. The van der Waals surface area contributed by atoms with E-state index in [0.717, 1.165) is 11.1 Å². The van der Waals surface area contributed by atoms with Crippen molar-refractivity contribution in [3.8, 4) is 56.4 Å². The van der Waals surface area contributed by atoms with Crippen LogP contribution in [0, 0.1) is 0 Å². The first kappa shape index (κ1) is 19.1. The molecular formula is C51H34N4O. The molecule has 8 aromatic carbocycles. The molecule has 0 N–H and O–H groups in total. The summed E-state index contributed by atoms with van der Waals surface area (Å²) in [6.45, 7) is 0. The predicted octanol–water partition coefficient (Wildman–Crippen LogP) is 13.6. The van der Waals surface area contributed by atoms with Crippen LogP contribution in [0.25, 0.3) is 78.4 Å². The lowest BCUT2D eigenvalue weighted by atomic mass is 10.0. The van der Waals surface area contributed by atoms with Gasteiger partial charge in [-0.25, -0.2) is 15.0 Å². The number of furan rings is 1. The molecule has 264 valence electrons. The SMILES string of the molecule is [2H]c1c([2H])c([2H])c(-c2c([2H])c([2H])c(N(c3c([2H])c([2H])c([2H])c([2H])c3[2H])c3c([2H])c([2H])c(-c4ccc5c(c4)oc4c(-c6nc(-c7ccccc7)nc(-c7ccccc7)n6)cccc45)c([2H])c3[2H])c([2H])c2[2H])c([2H])c1[2H]. The van der Waals surface area contributed by atoms with Crippen LogP contribution in [0.5, 0.6) is 0 Å². The maximum atomic E-state index is 9.47. The molecule has 0 unspecified atom stereocenters. The Morgan fingerprint density at radius 3 is 1.52 bits per heavy atom. The van der Waals surface area contributed by atoms with Crippen LogP contribution in [-0.4, -0.2) is 15.0 Å². The number of aromatic nitrogens is 3. The number of fused-ring (bicyclic) bond motifs is 3. The molecule has 0 bridgehead atoms. The van der Waals surface area contributed by atoms with Crippen molar-refractivity contribution in [3.05, 3.63) is 206 Å². The third-order valence-corrected chi connectivity index (χ3v) is 8.86. The second-order valence-corrected chi connectivity index (χ2v) is 12.3. The highest BCUT2D eigenvalue weighted by atomic mass is 16.3. The lowest BCUT2D eigenvalue weighted by Gasteiger charge is -2.26. The maximum Gasteiger partial charge on any atom is 0.167 e. The van der Waals surface area contributed by atoms with Gasteiger partial charge in [0.1, 0.15) is 11.2 Å². The van der Waals surface area contributed by atoms with E-state index in [1.807, 2.05) is 72.8 Å². The summed E-state index contributed by atoms with van der Waals surface area (Å²) in [5, 5.41) is 1.27. The molecule has 0 atom stereocenters. The normalized spacial score (nSPS) is 15.7. The number of benzene rings is 8. The standard InChI is InChI=1S/C51H34N4O/c1-5-14-35(15-6-1)36-24-29-42(30-25-36)55(41-20-11-4-12-21-41)43-31-26-37(27-32-43)40-28-33-44-45-22-13-23-46(48(45)56-47(44)34-40)51-53-49(38-16-7-2-8-17-38)52-50(54-51)39-18-9-3-10-19-39/h1-34H/i1D,4D,5D,6D,11D,12D,14D,15D,20D,21D,24D,25D,26D,27D,29D,30D,31D,32D. The average Bonchev–Trinajstić information content (AvgIpc) is 3.79. The molecule has 2 aromatic heterocycles. The highest BCUT2D eigenvalue weighted by molar-refractivity contribution is 6.10. The molecule has 5 nitrogen and oxygen atoms in total. The molecule has 0 spiro atoms. The Labute approximate surface area is 350 Å². The van der Waals surface area contributed by atoms with E-state index in [1.165, 1.54) is 6.07 Å². The minimum Gasteiger partial charge on any atom is -0.455 e. The molecule has 0 saturated carbocycles. The van der Waals surface area contributed by atoms with Crippen LogP contribution in [0.3, 0.4) is 0 Å². The zero-order chi connectivity index (χ0) is 52.9. The summed E-state index contributed by atoms with van der Waals surface area (Å²) in [4.78, 5) is 15.1. The molecule has 0 aliphatic carbocycles. The molecular weight excluding hydrogens is 685 g/mol. The molecule has 10 aromatic rings. The van der Waals surface area contributed by atoms with Crippen LogP contribution in [0.1, 0.15) is 24.7 Å². The number of nitrogens with zero attached hydrogens (tertiary/aromatic N) is 4. The monoisotopic (exact) mass is 736 g/mol. The van der Waals surface area contributed by atoms with Crippen LogP contribution in [0.15, 0.2) is 210 Å². The number of hydrogen-bond donors (Lipinski definition) is 0. The first-order valence-electron chi connectivity index (χ1n) is 26.2. The molecule has 0 amide bonds. The van der Waals surface area contributed by atoms with Crippen LogP contribution in [0.2, 0.25) is 0 Å². The van der Waals surface area contributed by atoms with Crippen molar-refractivity contribution >= 4 is 39.0 Å². The van der Waals surface area contributed by atoms with Crippen molar-refractivity contribution in [2.24, 2.45) is 0 Å². The molecule has 0 fully saturated rings. The highest BCUT2D eigenvalue weighted by Gasteiger charge is 2.19. The molecule has 0 radical (unpaired) electrons. The van der Waals surface area contributed by atoms with Crippen LogP contribution < -0.4 is 4.90 Å². The number of anilines is 3. The minimum atomic E-state index is -1.04. The van der Waals surface area contributed by atoms with E-state index in [1.54, 1.807) is 18.2 Å². The summed E-state index contributed by atoms with van der Waals surface area (Å²) in [6, 6.07) is 13.0. The zero-order valence-electron chi connectivity index (χ0n) is 46.9. The molecule has 2 heterocycles. The topological polar surface area (TPSA) is 55.1 Å². The van der Waals surface area contributed by atoms with Crippen molar-refractivity contribution < 1.29 is 29.1 Å². The van der Waals surface area contributed by atoms with E-state index >= 15 is 0 Å². The van der Waals surface area contributed by atoms with Crippen molar-refractivity contribution in [2.75, 3.05) is 4.90 Å². The van der Waals surface area contributed by atoms with Crippen molar-refractivity contribution in [2.45, 2.75) is 0 Å². The molecule has 0 aliphatic heterocycles. The zero-order valence-corrected chi connectivity index (χ0v) is 28.9. The second kappa shape index (κ2) is 14.3. The van der Waals surface area contributed by atoms with Crippen LogP contribution in [0.4, 0.5) is 17.1 Å². The summed E-state index contributed by atoms with van der Waals surface area (Å²) in [7, 11) is 0. The van der Waals surface area contributed by atoms with Gasteiger partial charge in [0.15, 0.2) is 17.5 Å². The summed E-state index contributed by atoms with van der Waals surface area (Å²) in [6.07, 6.45) is 0. The molecule has 0 saturated heterocycles. The van der Waals surface area contributed by atoms with E-state index in [9.17, 15) is 8.22 Å². The summed E-state index contributed by atoms with van der Waals surface area (Å²) in [5.41, 5.74) is -1.41. The first-order valence-corrected chi connectivity index (χ1v) is 17.2. The van der Waals surface area contributed by atoms with Crippen molar-refractivity contribution in [1.29, 1.82) is 0 Å². The Morgan fingerprint density at radius 2 is 0.911 bits per heavy atom. The Morgan fingerprint density at radius 1 is 0.393 bits per heavy atom. The molecule has 5 heteroatoms. The van der Waals surface area contributed by atoms with Crippen LogP contribution >= 0.6 is 0 Å². The van der Waals surface area contributed by atoms with Crippen molar-refractivity contribution in [3.63, 3.8) is 0 Å². The third-order valence-electron chi connectivity index (χ3n) is 8.86. The maximum absolute atomic E-state index is 9.47. The number of hydrogen-bond acceptors (Lipinski definition) is 5. The lowest BCUT2D eigenvalue weighted by Crippen LogP contribution is -2.09. The molecule has 0 aliphatic rings. The van der Waals surface area contributed by atoms with E-state index in [4.69, 9.17) is 35.8 Å². The fourth-order valence-electron chi connectivity index (χ4n) is 6.23. The number of para-hydroxylation sites is 2. The van der Waals surface area contributed by atoms with Gasteiger partial charge in [0.25, 0.3) is 0 Å². The Kier molecular flexibility index (Phi) is 4.88. The van der Waals surface area contributed by atoms with Crippen molar-refractivity contribution in [1.82, 2.24) is 15.0 Å². The fourth-order valence-corrected chi connectivity index (χ4v) is 6.23. The van der Waals surface area contributed by atoms with Gasteiger partial charge in [0, 0.05) is 39.0 Å². The Bertz CT molecular complexity index is 3850. The predicted molar refractivity (Wildman–Crippen MR) is 229 cm³/mol. The summed E-state index contributed by atoms with van der Waals surface area (Å²) in [5.74, 6) is 1.16. The van der Waals surface area contributed by atoms with Gasteiger partial charge in [-0.2, -0.15) is 0 Å². The smallest absolute Gasteiger partial charge is 0.167 e. The Hall–Kier alpha value is -7.63. The summed E-state index contributed by atoms with van der Waals surface area (Å²) < 4.78 is 166. The van der Waals surface area contributed by atoms with Gasteiger partial charge in [-0.1, -0.05) is 151 Å². The van der Waals surface area contributed by atoms with Gasteiger partial charge < -0.3 is 9.32 Å². The van der Waals surface area contributed by atoms with E-state index in [0.29, 0.717) is 44.3 Å².